The normalized spacial score (nSPS) is 14.6. The lowest BCUT2D eigenvalue weighted by molar-refractivity contribution is -0.124. The molecule has 1 aromatic carbocycles. The third kappa shape index (κ3) is 3.37. The average Bonchev–Trinajstić information content (AvgIpc) is 2.29. The van der Waals surface area contributed by atoms with E-state index < -0.39 is 11.4 Å². The molecule has 0 radical (unpaired) electrons. The van der Waals surface area contributed by atoms with Crippen LogP contribution in [0.5, 0.6) is 0 Å². The third-order valence-corrected chi connectivity index (χ3v) is 3.59. The largest absolute Gasteiger partial charge is 0.368 e. The second kappa shape index (κ2) is 5.91. The van der Waals surface area contributed by atoms with Crippen LogP contribution >= 0.6 is 23.2 Å². The fraction of sp³-hybridized carbons (Fsp3) is 0.462. The molecule has 1 atom stereocenters. The minimum Gasteiger partial charge on any atom is -0.368 e. The summed E-state index contributed by atoms with van der Waals surface area (Å²) < 4.78 is 0. The average molecular weight is 289 g/mol. The maximum atomic E-state index is 11.7. The van der Waals surface area contributed by atoms with Crippen molar-refractivity contribution in [2.24, 2.45) is 11.7 Å². The van der Waals surface area contributed by atoms with Gasteiger partial charge in [-0.05, 0) is 37.1 Å². The number of amides is 1. The van der Waals surface area contributed by atoms with Crippen molar-refractivity contribution in [3.8, 4) is 0 Å². The van der Waals surface area contributed by atoms with Gasteiger partial charge in [0.2, 0.25) is 5.91 Å². The van der Waals surface area contributed by atoms with Crippen molar-refractivity contribution in [2.75, 3.05) is 6.54 Å². The molecule has 3 nitrogen and oxygen atoms in total. The molecule has 1 aromatic rings. The number of nitrogens with one attached hydrogen (secondary N) is 1. The number of benzene rings is 1. The molecule has 1 unspecified atom stereocenters. The van der Waals surface area contributed by atoms with E-state index in [-0.39, 0.29) is 0 Å². The lowest BCUT2D eigenvalue weighted by atomic mass is 9.90. The highest BCUT2D eigenvalue weighted by Gasteiger charge is 2.33. The van der Waals surface area contributed by atoms with Crippen LogP contribution in [0.4, 0.5) is 0 Å². The molecule has 18 heavy (non-hydrogen) atoms. The van der Waals surface area contributed by atoms with Crippen LogP contribution in [0.25, 0.3) is 0 Å². The fourth-order valence-corrected chi connectivity index (χ4v) is 1.84. The summed E-state index contributed by atoms with van der Waals surface area (Å²) in [6.07, 6.45) is 0. The molecule has 0 aliphatic rings. The van der Waals surface area contributed by atoms with Gasteiger partial charge < -0.3 is 5.73 Å². The highest BCUT2D eigenvalue weighted by Crippen LogP contribution is 2.28. The fourth-order valence-electron chi connectivity index (χ4n) is 1.55. The summed E-state index contributed by atoms with van der Waals surface area (Å²) in [5.41, 5.74) is 5.27. The van der Waals surface area contributed by atoms with Crippen molar-refractivity contribution >= 4 is 29.1 Å². The Morgan fingerprint density at radius 3 is 2.44 bits per heavy atom. The Morgan fingerprint density at radius 1 is 1.39 bits per heavy atom. The number of hydrogen-bond donors (Lipinski definition) is 2. The molecule has 0 fully saturated rings. The molecule has 0 aromatic heterocycles. The molecule has 1 amide bonds. The van der Waals surface area contributed by atoms with Crippen molar-refractivity contribution in [3.05, 3.63) is 33.8 Å². The van der Waals surface area contributed by atoms with Crippen molar-refractivity contribution in [1.82, 2.24) is 5.32 Å². The molecule has 5 heteroatoms. The van der Waals surface area contributed by atoms with Crippen LogP contribution in [-0.2, 0) is 10.3 Å². The number of halogens is 2. The maximum absolute atomic E-state index is 11.7. The second-order valence-corrected chi connectivity index (χ2v) is 5.71. The zero-order valence-corrected chi connectivity index (χ0v) is 12.3. The van der Waals surface area contributed by atoms with E-state index in [9.17, 15) is 4.79 Å². The first-order valence-electron chi connectivity index (χ1n) is 5.78. The van der Waals surface area contributed by atoms with Crippen LogP contribution in [0, 0.1) is 5.92 Å². The van der Waals surface area contributed by atoms with E-state index in [1.165, 1.54) is 0 Å². The zero-order chi connectivity index (χ0) is 13.9. The van der Waals surface area contributed by atoms with Gasteiger partial charge >= 0.3 is 0 Å². The van der Waals surface area contributed by atoms with E-state index in [0.29, 0.717) is 28.1 Å². The highest BCUT2D eigenvalue weighted by atomic mass is 35.5. The first kappa shape index (κ1) is 15.3. The van der Waals surface area contributed by atoms with Crippen LogP contribution in [0.15, 0.2) is 18.2 Å². The Labute approximate surface area is 118 Å². The van der Waals surface area contributed by atoms with E-state index in [0.717, 1.165) is 0 Å². The minimum atomic E-state index is -0.946. The van der Waals surface area contributed by atoms with Crippen LogP contribution < -0.4 is 11.1 Å². The van der Waals surface area contributed by atoms with Gasteiger partial charge in [-0.2, -0.15) is 0 Å². The summed E-state index contributed by atoms with van der Waals surface area (Å²) in [5, 5.41) is 4.05. The Morgan fingerprint density at radius 2 is 2.00 bits per heavy atom. The Hall–Kier alpha value is -0.770. The first-order valence-corrected chi connectivity index (χ1v) is 6.53. The zero-order valence-electron chi connectivity index (χ0n) is 10.8. The predicted molar refractivity (Wildman–Crippen MR) is 75.8 cm³/mol. The molecular formula is C13H18Cl2N2O. The molecule has 0 heterocycles. The summed E-state index contributed by atoms with van der Waals surface area (Å²) >= 11 is 11.8. The molecule has 100 valence electrons. The summed E-state index contributed by atoms with van der Waals surface area (Å²) in [7, 11) is 0. The summed E-state index contributed by atoms with van der Waals surface area (Å²) in [4.78, 5) is 11.7. The van der Waals surface area contributed by atoms with Crippen molar-refractivity contribution in [1.29, 1.82) is 0 Å². The standard InChI is InChI=1S/C13H18Cl2N2O/c1-8(2)7-17-13(3,12(16)18)9-4-5-10(14)11(15)6-9/h4-6,8,17H,7H2,1-3H3,(H2,16,18). The lowest BCUT2D eigenvalue weighted by Gasteiger charge is -2.29. The van der Waals surface area contributed by atoms with Gasteiger partial charge in [0.25, 0.3) is 0 Å². The van der Waals surface area contributed by atoms with Gasteiger partial charge in [0.1, 0.15) is 5.54 Å². The molecular weight excluding hydrogens is 271 g/mol. The first-order chi connectivity index (χ1) is 8.27. The predicted octanol–water partition coefficient (Wildman–Crippen LogP) is 2.94. The van der Waals surface area contributed by atoms with E-state index >= 15 is 0 Å². The molecule has 0 aliphatic carbocycles. The van der Waals surface area contributed by atoms with Crippen LogP contribution in [0.2, 0.25) is 10.0 Å². The van der Waals surface area contributed by atoms with E-state index in [1.54, 1.807) is 25.1 Å². The van der Waals surface area contributed by atoms with Gasteiger partial charge in [0.05, 0.1) is 10.0 Å². The van der Waals surface area contributed by atoms with E-state index in [1.807, 2.05) is 0 Å². The van der Waals surface area contributed by atoms with Gasteiger partial charge in [-0.3, -0.25) is 10.1 Å². The number of carbonyl (C=O) groups excluding carboxylic acids is 1. The molecule has 1 rings (SSSR count). The summed E-state index contributed by atoms with van der Waals surface area (Å²) in [5.74, 6) is -0.0343. The molecule has 3 N–H and O–H groups in total. The number of hydrogen-bond acceptors (Lipinski definition) is 2. The lowest BCUT2D eigenvalue weighted by Crippen LogP contribution is -2.51. The Balaban J connectivity index is 3.10. The minimum absolute atomic E-state index is 0.409. The SMILES string of the molecule is CC(C)CNC(C)(C(N)=O)c1ccc(Cl)c(Cl)c1. The molecule has 0 saturated heterocycles. The smallest absolute Gasteiger partial charge is 0.242 e. The third-order valence-electron chi connectivity index (χ3n) is 2.85. The van der Waals surface area contributed by atoms with E-state index in [4.69, 9.17) is 28.9 Å². The number of carbonyl (C=O) groups is 1. The van der Waals surface area contributed by atoms with Crippen LogP contribution in [0.3, 0.4) is 0 Å². The summed E-state index contributed by atoms with van der Waals surface area (Å²) in [6.45, 7) is 6.55. The monoisotopic (exact) mass is 288 g/mol. The van der Waals surface area contributed by atoms with Crippen molar-refractivity contribution < 1.29 is 4.79 Å². The van der Waals surface area contributed by atoms with Gasteiger partial charge in [0, 0.05) is 0 Å². The summed E-state index contributed by atoms with van der Waals surface area (Å²) in [6, 6.07) is 5.09. The Kier molecular flexibility index (Phi) is 5.02. The van der Waals surface area contributed by atoms with Gasteiger partial charge in [-0.25, -0.2) is 0 Å². The molecule has 0 saturated carbocycles. The Bertz CT molecular complexity index is 449. The van der Waals surface area contributed by atoms with Crippen LogP contribution in [-0.4, -0.2) is 12.5 Å². The van der Waals surface area contributed by atoms with Crippen molar-refractivity contribution in [2.45, 2.75) is 26.3 Å². The van der Waals surface area contributed by atoms with Crippen LogP contribution in [0.1, 0.15) is 26.3 Å². The quantitative estimate of drug-likeness (QED) is 0.875. The topological polar surface area (TPSA) is 55.1 Å². The number of primary amides is 1. The number of nitrogens with two attached hydrogens (primary N) is 1. The molecule has 0 aliphatic heterocycles. The maximum Gasteiger partial charge on any atom is 0.242 e. The molecule has 0 bridgehead atoms. The van der Waals surface area contributed by atoms with Crippen molar-refractivity contribution in [3.63, 3.8) is 0 Å². The van der Waals surface area contributed by atoms with E-state index in [2.05, 4.69) is 19.2 Å². The van der Waals surface area contributed by atoms with Gasteiger partial charge in [-0.1, -0.05) is 43.1 Å². The highest BCUT2D eigenvalue weighted by molar-refractivity contribution is 6.42. The molecule has 0 spiro atoms. The number of rotatable bonds is 5. The second-order valence-electron chi connectivity index (χ2n) is 4.89. The van der Waals surface area contributed by atoms with Gasteiger partial charge in [0.15, 0.2) is 0 Å². The van der Waals surface area contributed by atoms with Gasteiger partial charge in [-0.15, -0.1) is 0 Å².